The summed E-state index contributed by atoms with van der Waals surface area (Å²) in [5.74, 6) is 0.127. The van der Waals surface area contributed by atoms with Crippen LogP contribution in [0.25, 0.3) is 0 Å². The highest BCUT2D eigenvalue weighted by molar-refractivity contribution is 7.87. The normalized spacial score (nSPS) is 21.0. The third-order valence-corrected chi connectivity index (χ3v) is 4.08. The minimum atomic E-state index is -4.69. The molecular weight excluding hydrogens is 261 g/mol. The molecule has 0 spiro atoms. The summed E-state index contributed by atoms with van der Waals surface area (Å²) in [7, 11) is -4.69. The van der Waals surface area contributed by atoms with Crippen LogP contribution in [0.1, 0.15) is 31.9 Å². The van der Waals surface area contributed by atoms with E-state index in [-0.39, 0.29) is 18.9 Å². The SMILES string of the molecule is CC(C)c1cc(N2CC(S(=O)(=O)F)CC2=O)n[nH]1. The fourth-order valence-corrected chi connectivity index (χ4v) is 2.51. The van der Waals surface area contributed by atoms with Crippen molar-refractivity contribution in [3.63, 3.8) is 0 Å². The molecule has 2 rings (SSSR count). The smallest absolute Gasteiger partial charge is 0.294 e. The predicted octanol–water partition coefficient (Wildman–Crippen LogP) is 0.938. The Balaban J connectivity index is 2.22. The molecule has 8 heteroatoms. The third kappa shape index (κ3) is 2.38. The molecule has 1 unspecified atom stereocenters. The number of aromatic nitrogens is 2. The largest absolute Gasteiger partial charge is 0.307 e. The van der Waals surface area contributed by atoms with Gasteiger partial charge in [0.05, 0.1) is 0 Å². The Morgan fingerprint density at radius 2 is 2.22 bits per heavy atom. The first kappa shape index (κ1) is 13.0. The van der Waals surface area contributed by atoms with Crippen molar-refractivity contribution in [1.82, 2.24) is 10.2 Å². The summed E-state index contributed by atoms with van der Waals surface area (Å²) in [4.78, 5) is 12.9. The number of halogens is 1. The second-order valence-electron chi connectivity index (χ2n) is 4.64. The van der Waals surface area contributed by atoms with Crippen molar-refractivity contribution in [3.05, 3.63) is 11.8 Å². The maximum Gasteiger partial charge on any atom is 0.307 e. The van der Waals surface area contributed by atoms with Crippen LogP contribution in [-0.4, -0.2) is 36.3 Å². The van der Waals surface area contributed by atoms with Gasteiger partial charge in [-0.1, -0.05) is 13.8 Å². The molecule has 1 aliphatic rings. The molecule has 1 atom stereocenters. The highest BCUT2D eigenvalue weighted by atomic mass is 32.3. The van der Waals surface area contributed by atoms with Gasteiger partial charge in [-0.15, -0.1) is 3.89 Å². The van der Waals surface area contributed by atoms with Crippen LogP contribution < -0.4 is 4.90 Å². The molecule has 0 saturated carbocycles. The zero-order valence-corrected chi connectivity index (χ0v) is 10.9. The lowest BCUT2D eigenvalue weighted by molar-refractivity contribution is -0.117. The van der Waals surface area contributed by atoms with Crippen LogP contribution in [0.2, 0.25) is 0 Å². The molecule has 0 aromatic carbocycles. The number of rotatable bonds is 3. The number of hydrogen-bond acceptors (Lipinski definition) is 4. The molecule has 1 aromatic heterocycles. The molecule has 1 saturated heterocycles. The van der Waals surface area contributed by atoms with Crippen molar-refractivity contribution in [2.24, 2.45) is 0 Å². The maximum atomic E-state index is 12.9. The number of aromatic amines is 1. The van der Waals surface area contributed by atoms with Gasteiger partial charge in [0.25, 0.3) is 0 Å². The Kier molecular flexibility index (Phi) is 3.14. The van der Waals surface area contributed by atoms with Crippen molar-refractivity contribution >= 4 is 21.9 Å². The minimum Gasteiger partial charge on any atom is -0.294 e. The Labute approximate surface area is 104 Å². The van der Waals surface area contributed by atoms with Crippen LogP contribution in [0.4, 0.5) is 9.70 Å². The highest BCUT2D eigenvalue weighted by Crippen LogP contribution is 2.26. The van der Waals surface area contributed by atoms with E-state index in [9.17, 15) is 17.1 Å². The summed E-state index contributed by atoms with van der Waals surface area (Å²) in [6, 6.07) is 1.68. The van der Waals surface area contributed by atoms with Gasteiger partial charge >= 0.3 is 10.2 Å². The summed E-state index contributed by atoms with van der Waals surface area (Å²) in [6.07, 6.45) is -0.331. The molecule has 0 aliphatic carbocycles. The number of amides is 1. The van der Waals surface area contributed by atoms with Gasteiger partial charge in [-0.3, -0.25) is 14.8 Å². The van der Waals surface area contributed by atoms with Crippen molar-refractivity contribution in [2.45, 2.75) is 31.4 Å². The average molecular weight is 275 g/mol. The molecule has 0 bridgehead atoms. The molecule has 2 heterocycles. The van der Waals surface area contributed by atoms with E-state index >= 15 is 0 Å². The van der Waals surface area contributed by atoms with E-state index in [4.69, 9.17) is 0 Å². The lowest BCUT2D eigenvalue weighted by Crippen LogP contribution is -2.27. The monoisotopic (exact) mass is 275 g/mol. The van der Waals surface area contributed by atoms with Crippen LogP contribution in [0, 0.1) is 0 Å². The zero-order chi connectivity index (χ0) is 13.5. The van der Waals surface area contributed by atoms with Crippen LogP contribution >= 0.6 is 0 Å². The number of nitrogens with zero attached hydrogens (tertiary/aromatic N) is 2. The molecular formula is C10H14FN3O3S. The molecule has 1 aliphatic heterocycles. The van der Waals surface area contributed by atoms with Crippen LogP contribution in [0.5, 0.6) is 0 Å². The fraction of sp³-hybridized carbons (Fsp3) is 0.600. The van der Waals surface area contributed by atoms with Gasteiger partial charge in [0, 0.05) is 24.7 Å². The van der Waals surface area contributed by atoms with E-state index in [1.165, 1.54) is 4.90 Å². The average Bonchev–Trinajstić information content (AvgIpc) is 2.81. The highest BCUT2D eigenvalue weighted by Gasteiger charge is 2.39. The number of carbonyl (C=O) groups is 1. The van der Waals surface area contributed by atoms with Gasteiger partial charge in [0.1, 0.15) is 5.25 Å². The van der Waals surface area contributed by atoms with E-state index in [2.05, 4.69) is 10.2 Å². The van der Waals surface area contributed by atoms with Crippen molar-refractivity contribution < 1.29 is 17.1 Å². The van der Waals surface area contributed by atoms with Crippen LogP contribution in [-0.2, 0) is 15.0 Å². The summed E-state index contributed by atoms with van der Waals surface area (Å²) in [5.41, 5.74) is 0.837. The van der Waals surface area contributed by atoms with Gasteiger partial charge in [0.2, 0.25) is 5.91 Å². The maximum absolute atomic E-state index is 12.9. The standard InChI is InChI=1S/C10H14FN3O3S/c1-6(2)8-4-9(13-12-8)14-5-7(3-10(14)15)18(11,16)17/h4,6-7H,3,5H2,1-2H3,(H,12,13). The summed E-state index contributed by atoms with van der Waals surface area (Å²) in [6.45, 7) is 3.73. The summed E-state index contributed by atoms with van der Waals surface area (Å²) in [5, 5.41) is 5.43. The molecule has 1 N–H and O–H groups in total. The molecule has 100 valence electrons. The van der Waals surface area contributed by atoms with Gasteiger partial charge in [-0.25, -0.2) is 0 Å². The second kappa shape index (κ2) is 4.34. The molecule has 0 radical (unpaired) electrons. The number of nitrogens with one attached hydrogen (secondary N) is 1. The van der Waals surface area contributed by atoms with E-state index in [1.54, 1.807) is 6.07 Å². The van der Waals surface area contributed by atoms with Crippen molar-refractivity contribution in [1.29, 1.82) is 0 Å². The van der Waals surface area contributed by atoms with E-state index < -0.39 is 21.4 Å². The second-order valence-corrected chi connectivity index (χ2v) is 6.26. The molecule has 1 aromatic rings. The minimum absolute atomic E-state index is 0.181. The topological polar surface area (TPSA) is 83.1 Å². The van der Waals surface area contributed by atoms with E-state index in [1.807, 2.05) is 13.8 Å². The molecule has 1 amide bonds. The van der Waals surface area contributed by atoms with E-state index in [0.717, 1.165) is 5.69 Å². The third-order valence-electron chi connectivity index (χ3n) is 2.97. The first-order valence-electron chi connectivity index (χ1n) is 5.58. The Morgan fingerprint density at radius 1 is 1.56 bits per heavy atom. The van der Waals surface area contributed by atoms with E-state index in [0.29, 0.717) is 5.82 Å². The van der Waals surface area contributed by atoms with Gasteiger partial charge in [0.15, 0.2) is 5.82 Å². The Hall–Kier alpha value is -1.44. The van der Waals surface area contributed by atoms with Gasteiger partial charge in [-0.05, 0) is 5.92 Å². The lowest BCUT2D eigenvalue weighted by Gasteiger charge is -2.11. The van der Waals surface area contributed by atoms with Crippen LogP contribution in [0.3, 0.4) is 0 Å². The zero-order valence-electron chi connectivity index (χ0n) is 10.1. The first-order chi connectivity index (χ1) is 8.29. The molecule has 1 fully saturated rings. The van der Waals surface area contributed by atoms with Gasteiger partial charge in [-0.2, -0.15) is 13.5 Å². The number of H-pyrrole nitrogens is 1. The van der Waals surface area contributed by atoms with Crippen LogP contribution in [0.15, 0.2) is 6.07 Å². The summed E-state index contributed by atoms with van der Waals surface area (Å²) >= 11 is 0. The number of carbonyl (C=O) groups excluding carboxylic acids is 1. The molecule has 18 heavy (non-hydrogen) atoms. The molecule has 6 nitrogen and oxygen atoms in total. The fourth-order valence-electron chi connectivity index (χ4n) is 1.84. The van der Waals surface area contributed by atoms with Crippen molar-refractivity contribution in [2.75, 3.05) is 11.4 Å². The predicted molar refractivity (Wildman–Crippen MR) is 63.5 cm³/mol. The van der Waals surface area contributed by atoms with Crippen molar-refractivity contribution in [3.8, 4) is 0 Å². The number of hydrogen-bond donors (Lipinski definition) is 1. The first-order valence-corrected chi connectivity index (χ1v) is 7.03. The Morgan fingerprint density at radius 3 is 2.67 bits per heavy atom. The van der Waals surface area contributed by atoms with Gasteiger partial charge < -0.3 is 0 Å². The number of anilines is 1. The summed E-state index contributed by atoms with van der Waals surface area (Å²) < 4.78 is 34.4. The quantitative estimate of drug-likeness (QED) is 0.832. The Bertz CT molecular complexity index is 567. The lowest BCUT2D eigenvalue weighted by atomic mass is 10.1.